The van der Waals surface area contributed by atoms with Gasteiger partial charge in [0.25, 0.3) is 11.6 Å². The maximum absolute atomic E-state index is 12.0. The maximum atomic E-state index is 12.0. The third-order valence-corrected chi connectivity index (χ3v) is 5.76. The number of hydrogen-bond donors (Lipinski definition) is 2. The van der Waals surface area contributed by atoms with E-state index in [4.69, 9.17) is 0 Å². The predicted octanol–water partition coefficient (Wildman–Crippen LogP) is 3.02. The van der Waals surface area contributed by atoms with Crippen LogP contribution < -0.4 is 10.9 Å². The van der Waals surface area contributed by atoms with Crippen LogP contribution in [-0.4, -0.2) is 26.9 Å². The Morgan fingerprint density at radius 3 is 2.81 bits per heavy atom. The number of rotatable bonds is 4. The molecule has 2 aromatic rings. The van der Waals surface area contributed by atoms with E-state index in [1.807, 2.05) is 24.3 Å². The second-order valence-electron chi connectivity index (χ2n) is 5.39. The van der Waals surface area contributed by atoms with Gasteiger partial charge in [0.05, 0.1) is 16.4 Å². The number of amides is 2. The van der Waals surface area contributed by atoms with Gasteiger partial charge in [0.15, 0.2) is 0 Å². The minimum absolute atomic E-state index is 0.0842. The lowest BCUT2D eigenvalue weighted by Gasteiger charge is -2.14. The Morgan fingerprint density at radius 2 is 2.00 bits per heavy atom. The number of carbonyl (C=O) groups is 2. The fourth-order valence-electron chi connectivity index (χ4n) is 2.21. The van der Waals surface area contributed by atoms with Crippen LogP contribution in [0.5, 0.6) is 0 Å². The number of hydrogen-bond acceptors (Lipinski definition) is 7. The van der Waals surface area contributed by atoms with Gasteiger partial charge in [0, 0.05) is 23.4 Å². The number of thioether (sulfide) groups is 2. The summed E-state index contributed by atoms with van der Waals surface area (Å²) in [5.74, 6) is -0.146. The Hall–Kier alpha value is -2.85. The van der Waals surface area contributed by atoms with Gasteiger partial charge in [-0.25, -0.2) is 4.99 Å². The number of nitrogens with one attached hydrogen (secondary N) is 2. The highest BCUT2D eigenvalue weighted by Crippen LogP contribution is 2.34. The molecular formula is C17H14N4O4S2. The van der Waals surface area contributed by atoms with E-state index in [9.17, 15) is 19.7 Å². The molecular weight excluding hydrogens is 388 g/mol. The first-order chi connectivity index (χ1) is 13.0. The van der Waals surface area contributed by atoms with Gasteiger partial charge in [-0.2, -0.15) is 0 Å². The zero-order valence-electron chi connectivity index (χ0n) is 13.9. The summed E-state index contributed by atoms with van der Waals surface area (Å²) >= 11 is 2.84. The number of nitro groups is 1. The van der Waals surface area contributed by atoms with Crippen LogP contribution in [0.15, 0.2) is 53.5 Å². The highest BCUT2D eigenvalue weighted by Gasteiger charge is 2.15. The molecule has 1 aliphatic heterocycles. The number of aliphatic imine (C=N–C) groups is 1. The Balaban J connectivity index is 1.49. The molecule has 0 atom stereocenters. The third-order valence-electron chi connectivity index (χ3n) is 3.52. The summed E-state index contributed by atoms with van der Waals surface area (Å²) in [6.07, 6.45) is 0. The summed E-state index contributed by atoms with van der Waals surface area (Å²) in [7, 11) is 0. The van der Waals surface area contributed by atoms with Gasteiger partial charge in [-0.05, 0) is 17.7 Å². The van der Waals surface area contributed by atoms with Gasteiger partial charge in [-0.3, -0.25) is 30.6 Å². The van der Waals surface area contributed by atoms with Gasteiger partial charge in [-0.15, -0.1) is 0 Å². The largest absolute Gasteiger partial charge is 0.272 e. The average molecular weight is 402 g/mol. The maximum Gasteiger partial charge on any atom is 0.270 e. The van der Waals surface area contributed by atoms with Crippen LogP contribution in [0.1, 0.15) is 15.9 Å². The molecule has 2 N–H and O–H groups in total. The molecule has 0 aliphatic carbocycles. The molecule has 0 unspecified atom stereocenters. The van der Waals surface area contributed by atoms with Crippen molar-refractivity contribution in [2.45, 2.75) is 5.75 Å². The summed E-state index contributed by atoms with van der Waals surface area (Å²) in [6, 6.07) is 13.1. The monoisotopic (exact) mass is 402 g/mol. The zero-order chi connectivity index (χ0) is 19.2. The summed E-state index contributed by atoms with van der Waals surface area (Å²) in [6.45, 7) is 0. The molecule has 0 spiro atoms. The van der Waals surface area contributed by atoms with Crippen molar-refractivity contribution < 1.29 is 14.5 Å². The van der Waals surface area contributed by atoms with Crippen LogP contribution in [0, 0.1) is 10.1 Å². The second-order valence-corrected chi connectivity index (χ2v) is 7.58. The van der Waals surface area contributed by atoms with Crippen molar-refractivity contribution in [3.05, 3.63) is 69.8 Å². The molecule has 1 heterocycles. The van der Waals surface area contributed by atoms with Crippen molar-refractivity contribution in [1.82, 2.24) is 10.9 Å². The van der Waals surface area contributed by atoms with Gasteiger partial charge in [-0.1, -0.05) is 47.8 Å². The molecule has 1 aliphatic rings. The molecule has 0 saturated carbocycles. The molecule has 8 nitrogen and oxygen atoms in total. The van der Waals surface area contributed by atoms with Gasteiger partial charge in [0.2, 0.25) is 5.91 Å². The van der Waals surface area contributed by atoms with E-state index in [0.29, 0.717) is 0 Å². The predicted molar refractivity (Wildman–Crippen MR) is 106 cm³/mol. The van der Waals surface area contributed by atoms with E-state index in [0.717, 1.165) is 27.4 Å². The van der Waals surface area contributed by atoms with E-state index < -0.39 is 16.7 Å². The molecule has 138 valence electrons. The Morgan fingerprint density at radius 1 is 1.19 bits per heavy atom. The number of carbonyl (C=O) groups excluding carboxylic acids is 2. The van der Waals surface area contributed by atoms with Crippen LogP contribution in [0.2, 0.25) is 0 Å². The molecule has 2 aromatic carbocycles. The van der Waals surface area contributed by atoms with Gasteiger partial charge < -0.3 is 0 Å². The van der Waals surface area contributed by atoms with Gasteiger partial charge >= 0.3 is 0 Å². The number of non-ortho nitro benzene ring substituents is 1. The number of hydrazine groups is 1. The number of nitro benzene ring substituents is 1. The van der Waals surface area contributed by atoms with Crippen molar-refractivity contribution >= 4 is 51.1 Å². The number of para-hydroxylation sites is 1. The summed E-state index contributed by atoms with van der Waals surface area (Å²) in [5, 5.41) is 10.7. The minimum atomic E-state index is -0.629. The average Bonchev–Trinajstić information content (AvgIpc) is 2.70. The number of fused-ring (bicyclic) bond motifs is 1. The number of benzene rings is 2. The lowest BCUT2D eigenvalue weighted by Crippen LogP contribution is -2.42. The Labute approximate surface area is 162 Å². The molecule has 0 radical (unpaired) electrons. The molecule has 10 heteroatoms. The Bertz CT molecular complexity index is 933. The second kappa shape index (κ2) is 8.69. The van der Waals surface area contributed by atoms with Crippen LogP contribution in [-0.2, 0) is 10.5 Å². The van der Waals surface area contributed by atoms with E-state index in [-0.39, 0.29) is 17.0 Å². The number of nitrogens with zero attached hydrogens (tertiary/aromatic N) is 2. The van der Waals surface area contributed by atoms with Crippen LogP contribution in [0.4, 0.5) is 11.4 Å². The van der Waals surface area contributed by atoms with E-state index in [2.05, 4.69) is 15.8 Å². The van der Waals surface area contributed by atoms with Crippen LogP contribution >= 0.6 is 23.5 Å². The minimum Gasteiger partial charge on any atom is -0.272 e. The van der Waals surface area contributed by atoms with Crippen LogP contribution in [0.3, 0.4) is 0 Å². The van der Waals surface area contributed by atoms with E-state index in [1.165, 1.54) is 30.0 Å². The summed E-state index contributed by atoms with van der Waals surface area (Å²) in [5.41, 5.74) is 6.48. The molecule has 3 rings (SSSR count). The fourth-order valence-corrected chi connectivity index (χ4v) is 4.07. The van der Waals surface area contributed by atoms with Crippen molar-refractivity contribution in [2.24, 2.45) is 4.99 Å². The molecule has 0 fully saturated rings. The van der Waals surface area contributed by atoms with E-state index >= 15 is 0 Å². The topological polar surface area (TPSA) is 114 Å². The molecule has 27 heavy (non-hydrogen) atoms. The molecule has 2 amide bonds. The summed E-state index contributed by atoms with van der Waals surface area (Å²) in [4.78, 5) is 38.6. The smallest absolute Gasteiger partial charge is 0.270 e. The van der Waals surface area contributed by atoms with Crippen LogP contribution in [0.25, 0.3) is 0 Å². The zero-order valence-corrected chi connectivity index (χ0v) is 15.5. The lowest BCUT2D eigenvalue weighted by molar-refractivity contribution is -0.384. The Kier molecular flexibility index (Phi) is 6.09. The normalized spacial score (nSPS) is 12.5. The van der Waals surface area contributed by atoms with Crippen molar-refractivity contribution in [1.29, 1.82) is 0 Å². The lowest BCUT2D eigenvalue weighted by atomic mass is 10.2. The SMILES string of the molecule is O=C(CSC1=Nc2ccccc2CS1)NNC(=O)c1cccc([N+](=O)[O-])c1. The van der Waals surface area contributed by atoms with Gasteiger partial charge in [0.1, 0.15) is 4.38 Å². The first kappa shape index (κ1) is 18.9. The van der Waals surface area contributed by atoms with Crippen molar-refractivity contribution in [3.63, 3.8) is 0 Å². The first-order valence-corrected chi connectivity index (χ1v) is 9.76. The fraction of sp³-hybridized carbons (Fsp3) is 0.118. The van der Waals surface area contributed by atoms with E-state index in [1.54, 1.807) is 11.8 Å². The molecule has 0 bridgehead atoms. The third kappa shape index (κ3) is 5.08. The summed E-state index contributed by atoms with van der Waals surface area (Å²) < 4.78 is 0.786. The van der Waals surface area contributed by atoms with Crippen molar-refractivity contribution in [2.75, 3.05) is 5.75 Å². The van der Waals surface area contributed by atoms with Crippen molar-refractivity contribution in [3.8, 4) is 0 Å². The standard InChI is InChI=1S/C17H14N4O4S2/c22-15(10-27-17-18-14-7-2-1-4-12(14)9-26-17)19-20-16(23)11-5-3-6-13(8-11)21(24)25/h1-8H,9-10H2,(H,19,22)(H,20,23). The molecule has 0 saturated heterocycles. The highest BCUT2D eigenvalue weighted by molar-refractivity contribution is 8.38. The quantitative estimate of drug-likeness (QED) is 0.600. The first-order valence-electron chi connectivity index (χ1n) is 7.79. The molecule has 0 aromatic heterocycles. The highest BCUT2D eigenvalue weighted by atomic mass is 32.2.